The van der Waals surface area contributed by atoms with Crippen molar-refractivity contribution < 1.29 is 18.3 Å². The van der Waals surface area contributed by atoms with Crippen molar-refractivity contribution >= 4 is 33.7 Å². The summed E-state index contributed by atoms with van der Waals surface area (Å²) in [5.41, 5.74) is 2.90. The Bertz CT molecular complexity index is 1570. The number of hydrogen-bond donors (Lipinski definition) is 2. The van der Waals surface area contributed by atoms with E-state index in [0.717, 1.165) is 5.56 Å². The summed E-state index contributed by atoms with van der Waals surface area (Å²) < 4.78 is 30.2. The van der Waals surface area contributed by atoms with E-state index >= 15 is 0 Å². The Morgan fingerprint density at radius 3 is 2.40 bits per heavy atom. The van der Waals surface area contributed by atoms with Gasteiger partial charge in [0.15, 0.2) is 17.3 Å². The van der Waals surface area contributed by atoms with Crippen molar-refractivity contribution in [3.8, 4) is 34.4 Å². The number of aromatic nitrogens is 1. The first-order valence-corrected chi connectivity index (χ1v) is 12.1. The van der Waals surface area contributed by atoms with Crippen LogP contribution in [0.4, 0.5) is 5.82 Å². The molecular weight excluding hydrogens is 488 g/mol. The lowest BCUT2D eigenvalue weighted by molar-refractivity contribution is 0.373. The van der Waals surface area contributed by atoms with Gasteiger partial charge < -0.3 is 14.4 Å². The fraction of sp³-hybridized carbons (Fsp3) is 0.0400. The second-order valence-electron chi connectivity index (χ2n) is 7.46. The molecule has 0 saturated heterocycles. The number of rotatable bonds is 6. The Morgan fingerprint density at radius 2 is 1.80 bits per heavy atom. The van der Waals surface area contributed by atoms with E-state index < -0.39 is 10.0 Å². The van der Waals surface area contributed by atoms with Crippen molar-refractivity contribution in [1.29, 1.82) is 5.26 Å². The zero-order chi connectivity index (χ0) is 25.2. The maximum Gasteiger partial charge on any atom is 0.238 e. The van der Waals surface area contributed by atoms with Crippen LogP contribution in [0.3, 0.4) is 0 Å². The molecule has 0 aliphatic carbocycles. The van der Waals surface area contributed by atoms with E-state index in [1.807, 2.05) is 0 Å². The summed E-state index contributed by atoms with van der Waals surface area (Å²) in [5.74, 6) is 0.601. The third kappa shape index (κ3) is 5.05. The maximum absolute atomic E-state index is 11.7. The van der Waals surface area contributed by atoms with Gasteiger partial charge in [0, 0.05) is 28.7 Å². The Morgan fingerprint density at radius 1 is 1.11 bits per heavy atom. The van der Waals surface area contributed by atoms with E-state index in [1.165, 1.54) is 25.3 Å². The number of ether oxygens (including phenoxy) is 1. The van der Waals surface area contributed by atoms with Crippen LogP contribution in [0.1, 0.15) is 11.1 Å². The number of aliphatic imine (C=N–C) groups is 1. The van der Waals surface area contributed by atoms with Crippen LogP contribution in [-0.4, -0.2) is 31.4 Å². The van der Waals surface area contributed by atoms with Crippen LogP contribution >= 0.6 is 11.6 Å². The van der Waals surface area contributed by atoms with Gasteiger partial charge in [-0.25, -0.2) is 18.5 Å². The molecule has 0 aliphatic rings. The number of nitrogens with two attached hydrogens (primary N) is 1. The molecule has 4 aromatic rings. The molecule has 0 spiro atoms. The quantitative estimate of drug-likeness (QED) is 0.363. The van der Waals surface area contributed by atoms with Crippen LogP contribution in [0.25, 0.3) is 16.8 Å². The number of methoxy groups -OCH3 is 1. The van der Waals surface area contributed by atoms with Gasteiger partial charge in [-0.1, -0.05) is 23.7 Å². The normalized spacial score (nSPS) is 11.5. The van der Waals surface area contributed by atoms with Gasteiger partial charge in [0.2, 0.25) is 10.0 Å². The molecule has 4 rings (SSSR count). The third-order valence-electron chi connectivity index (χ3n) is 5.23. The number of halogens is 1. The number of primary sulfonamides is 1. The average Bonchev–Trinajstić information content (AvgIpc) is 3.22. The molecular formula is C25H19ClN4O4S. The number of phenols is 1. The zero-order valence-electron chi connectivity index (χ0n) is 18.4. The summed E-state index contributed by atoms with van der Waals surface area (Å²) in [4.78, 5) is 4.54. The molecule has 0 atom stereocenters. The van der Waals surface area contributed by atoms with E-state index in [-0.39, 0.29) is 16.4 Å². The number of phenolic OH excluding ortho intramolecular Hbond substituents is 1. The number of sulfonamides is 1. The molecule has 35 heavy (non-hydrogen) atoms. The van der Waals surface area contributed by atoms with Crippen LogP contribution in [-0.2, 0) is 10.0 Å². The van der Waals surface area contributed by atoms with E-state index in [1.54, 1.807) is 65.5 Å². The number of benzene rings is 3. The summed E-state index contributed by atoms with van der Waals surface area (Å²) in [7, 11) is -2.42. The topological polar surface area (TPSA) is 131 Å². The molecule has 0 fully saturated rings. The average molecular weight is 507 g/mol. The summed E-state index contributed by atoms with van der Waals surface area (Å²) in [6.45, 7) is 0. The zero-order valence-corrected chi connectivity index (χ0v) is 20.0. The monoisotopic (exact) mass is 506 g/mol. The molecule has 0 saturated carbocycles. The summed E-state index contributed by atoms with van der Waals surface area (Å²) in [6.07, 6.45) is 3.29. The Labute approximate surface area is 207 Å². The first-order chi connectivity index (χ1) is 16.7. The van der Waals surface area contributed by atoms with Gasteiger partial charge in [-0.15, -0.1) is 0 Å². The highest BCUT2D eigenvalue weighted by atomic mass is 35.5. The SMILES string of the molecule is COc1cc(C=Nc2c(C#N)c(-c3ccc(Cl)cc3)cn2-c2ccc(S(N)(=O)=O)cc2)ccc1O. The van der Waals surface area contributed by atoms with Crippen LogP contribution in [0.5, 0.6) is 11.5 Å². The summed E-state index contributed by atoms with van der Waals surface area (Å²) in [5, 5.41) is 25.7. The summed E-state index contributed by atoms with van der Waals surface area (Å²) in [6, 6.07) is 19.9. The van der Waals surface area contributed by atoms with Gasteiger partial charge in [0.1, 0.15) is 11.6 Å². The van der Waals surface area contributed by atoms with E-state index in [9.17, 15) is 18.8 Å². The minimum atomic E-state index is -3.86. The lowest BCUT2D eigenvalue weighted by Crippen LogP contribution is -2.11. The van der Waals surface area contributed by atoms with Crippen molar-refractivity contribution in [2.45, 2.75) is 4.90 Å². The van der Waals surface area contributed by atoms with E-state index in [2.05, 4.69) is 11.1 Å². The minimum absolute atomic E-state index is 0.00860. The molecule has 0 bridgehead atoms. The Kier molecular flexibility index (Phi) is 6.62. The van der Waals surface area contributed by atoms with Crippen molar-refractivity contribution in [2.24, 2.45) is 10.1 Å². The molecule has 0 aliphatic heterocycles. The van der Waals surface area contributed by atoms with Gasteiger partial charge >= 0.3 is 0 Å². The number of nitriles is 1. The first-order valence-electron chi connectivity index (χ1n) is 10.2. The van der Waals surface area contributed by atoms with E-state index in [4.69, 9.17) is 21.5 Å². The summed E-state index contributed by atoms with van der Waals surface area (Å²) >= 11 is 6.03. The van der Waals surface area contributed by atoms with Gasteiger partial charge in [-0.3, -0.25) is 0 Å². The second-order valence-corrected chi connectivity index (χ2v) is 9.46. The highest BCUT2D eigenvalue weighted by molar-refractivity contribution is 7.89. The third-order valence-corrected chi connectivity index (χ3v) is 6.41. The minimum Gasteiger partial charge on any atom is -0.504 e. The lowest BCUT2D eigenvalue weighted by atomic mass is 10.1. The van der Waals surface area contributed by atoms with Crippen LogP contribution in [0, 0.1) is 11.3 Å². The number of aromatic hydroxyl groups is 1. The molecule has 0 amide bonds. The lowest BCUT2D eigenvalue weighted by Gasteiger charge is -2.07. The molecule has 0 radical (unpaired) electrons. The van der Waals surface area contributed by atoms with Crippen LogP contribution in [0.2, 0.25) is 5.02 Å². The van der Waals surface area contributed by atoms with E-state index in [0.29, 0.717) is 33.2 Å². The highest BCUT2D eigenvalue weighted by Gasteiger charge is 2.18. The molecule has 3 aromatic carbocycles. The van der Waals surface area contributed by atoms with Crippen LogP contribution in [0.15, 0.2) is 82.8 Å². The standard InChI is InChI=1S/C25H19ClN4O4S/c1-34-24-12-16(2-11-23(24)31)14-29-25-21(13-27)22(17-3-5-18(26)6-4-17)15-30(25)19-7-9-20(10-8-19)35(28,32)33/h2-12,14-15,31H,1H3,(H2,28,32,33). The number of hydrogen-bond acceptors (Lipinski definition) is 6. The van der Waals surface area contributed by atoms with Crippen molar-refractivity contribution in [3.63, 3.8) is 0 Å². The largest absolute Gasteiger partial charge is 0.504 e. The first kappa shape index (κ1) is 24.0. The van der Waals surface area contributed by atoms with Crippen LogP contribution < -0.4 is 9.88 Å². The molecule has 10 heteroatoms. The highest BCUT2D eigenvalue weighted by Crippen LogP contribution is 2.36. The fourth-order valence-corrected chi connectivity index (χ4v) is 4.13. The molecule has 3 N–H and O–H groups in total. The maximum atomic E-state index is 11.7. The molecule has 1 aromatic heterocycles. The van der Waals surface area contributed by atoms with Crippen molar-refractivity contribution in [2.75, 3.05) is 7.11 Å². The smallest absolute Gasteiger partial charge is 0.238 e. The van der Waals surface area contributed by atoms with Gasteiger partial charge in [0.25, 0.3) is 0 Å². The molecule has 8 nitrogen and oxygen atoms in total. The predicted molar refractivity (Wildman–Crippen MR) is 134 cm³/mol. The van der Waals surface area contributed by atoms with Gasteiger partial charge in [-0.05, 0) is 65.7 Å². The van der Waals surface area contributed by atoms with Gasteiger partial charge in [-0.2, -0.15) is 5.26 Å². The Balaban J connectivity index is 1.89. The number of nitrogens with zero attached hydrogens (tertiary/aromatic N) is 3. The predicted octanol–water partition coefficient (Wildman–Crippen LogP) is 4.78. The molecule has 176 valence electrons. The fourth-order valence-electron chi connectivity index (χ4n) is 3.48. The van der Waals surface area contributed by atoms with Crippen molar-refractivity contribution in [3.05, 3.63) is 89.1 Å². The molecule has 0 unspecified atom stereocenters. The van der Waals surface area contributed by atoms with Gasteiger partial charge in [0.05, 0.1) is 12.0 Å². The Hall–Kier alpha value is -4.10. The van der Waals surface area contributed by atoms with Crippen molar-refractivity contribution in [1.82, 2.24) is 4.57 Å². The molecule has 1 heterocycles. The second kappa shape index (κ2) is 9.64.